The first-order valence-electron chi connectivity index (χ1n) is 21.3. The van der Waals surface area contributed by atoms with Crippen LogP contribution in [0.3, 0.4) is 0 Å². The minimum atomic E-state index is 1.10. The van der Waals surface area contributed by atoms with Crippen molar-refractivity contribution in [3.63, 3.8) is 0 Å². The lowest BCUT2D eigenvalue weighted by Gasteiger charge is -2.26. The normalized spacial score (nSPS) is 11.5. The molecule has 0 atom stereocenters. The predicted molar refractivity (Wildman–Crippen MR) is 264 cm³/mol. The molecule has 2 heteroatoms. The number of aromatic nitrogens is 1. The highest BCUT2D eigenvalue weighted by Crippen LogP contribution is 2.42. The van der Waals surface area contributed by atoms with Crippen molar-refractivity contribution in [1.82, 2.24) is 4.57 Å². The largest absolute Gasteiger partial charge is 0.310 e. The van der Waals surface area contributed by atoms with Crippen LogP contribution < -0.4 is 4.90 Å². The Hall–Kier alpha value is -8.20. The molecule has 0 saturated heterocycles. The Morgan fingerprint density at radius 2 is 0.726 bits per heavy atom. The summed E-state index contributed by atoms with van der Waals surface area (Å²) in [6.45, 7) is 0. The second-order valence-corrected chi connectivity index (χ2v) is 16.1. The highest BCUT2D eigenvalue weighted by Gasteiger charge is 2.17. The first-order valence-corrected chi connectivity index (χ1v) is 21.3. The monoisotopic (exact) mass is 788 g/mol. The Balaban J connectivity index is 0.942. The van der Waals surface area contributed by atoms with Gasteiger partial charge in [0.2, 0.25) is 0 Å². The molecular weight excluding hydrogens is 749 g/mol. The predicted octanol–water partition coefficient (Wildman–Crippen LogP) is 16.7. The van der Waals surface area contributed by atoms with Gasteiger partial charge in [-0.15, -0.1) is 0 Å². The molecule has 0 aliphatic carbocycles. The van der Waals surface area contributed by atoms with E-state index < -0.39 is 0 Å². The summed E-state index contributed by atoms with van der Waals surface area (Å²) in [5.74, 6) is 0. The minimum Gasteiger partial charge on any atom is -0.310 e. The number of benzene rings is 11. The fourth-order valence-corrected chi connectivity index (χ4v) is 9.61. The molecule has 0 amide bonds. The highest BCUT2D eigenvalue weighted by atomic mass is 15.1. The maximum atomic E-state index is 2.39. The van der Waals surface area contributed by atoms with E-state index in [0.717, 1.165) is 22.7 Å². The van der Waals surface area contributed by atoms with Crippen molar-refractivity contribution in [3.05, 3.63) is 243 Å². The van der Waals surface area contributed by atoms with Crippen LogP contribution in [0.5, 0.6) is 0 Å². The van der Waals surface area contributed by atoms with Crippen LogP contribution in [0, 0.1) is 0 Å². The minimum absolute atomic E-state index is 1.10. The molecule has 0 fully saturated rings. The first kappa shape index (κ1) is 35.7. The SMILES string of the molecule is c1ccc(-c2cccc3cccc(-c4ccc(N(c5ccc(-c6ccc(-n7c8ccccc8c8ccccc87)cc6)cc5)c5ccc6ccc7ccccc7c6c5)cc4)c23)cc1. The van der Waals surface area contributed by atoms with Crippen LogP contribution in [0.2, 0.25) is 0 Å². The molecule has 0 aliphatic rings. The van der Waals surface area contributed by atoms with E-state index in [1.54, 1.807) is 0 Å². The Morgan fingerprint density at radius 3 is 1.35 bits per heavy atom. The zero-order valence-electron chi connectivity index (χ0n) is 34.0. The first-order chi connectivity index (χ1) is 30.7. The number of hydrogen-bond acceptors (Lipinski definition) is 1. The van der Waals surface area contributed by atoms with Gasteiger partial charge < -0.3 is 9.47 Å². The van der Waals surface area contributed by atoms with Crippen molar-refractivity contribution in [3.8, 4) is 39.1 Å². The number of fused-ring (bicyclic) bond motifs is 7. The van der Waals surface area contributed by atoms with Gasteiger partial charge in [0, 0.05) is 33.5 Å². The van der Waals surface area contributed by atoms with Gasteiger partial charge in [0.25, 0.3) is 0 Å². The lowest BCUT2D eigenvalue weighted by Crippen LogP contribution is -2.10. The fraction of sp³-hybridized carbons (Fsp3) is 0. The molecule has 0 unspecified atom stereocenters. The third kappa shape index (κ3) is 6.04. The smallest absolute Gasteiger partial charge is 0.0541 e. The summed E-state index contributed by atoms with van der Waals surface area (Å²) in [6, 6.07) is 88.4. The van der Waals surface area contributed by atoms with Crippen LogP contribution in [-0.2, 0) is 0 Å². The summed E-state index contributed by atoms with van der Waals surface area (Å²) >= 11 is 0. The van der Waals surface area contributed by atoms with Crippen molar-refractivity contribution in [2.24, 2.45) is 0 Å². The molecule has 12 aromatic rings. The summed E-state index contributed by atoms with van der Waals surface area (Å²) in [5, 5.41) is 10.0. The van der Waals surface area contributed by atoms with Crippen LogP contribution in [0.1, 0.15) is 0 Å². The van der Waals surface area contributed by atoms with Crippen molar-refractivity contribution < 1.29 is 0 Å². The summed E-state index contributed by atoms with van der Waals surface area (Å²) in [4.78, 5) is 2.39. The zero-order chi connectivity index (χ0) is 41.0. The van der Waals surface area contributed by atoms with E-state index in [-0.39, 0.29) is 0 Å². The molecule has 62 heavy (non-hydrogen) atoms. The molecule has 0 bridgehead atoms. The Morgan fingerprint density at radius 1 is 0.274 bits per heavy atom. The zero-order valence-corrected chi connectivity index (χ0v) is 34.0. The molecule has 0 N–H and O–H groups in total. The number of anilines is 3. The molecule has 290 valence electrons. The van der Waals surface area contributed by atoms with Gasteiger partial charge >= 0.3 is 0 Å². The summed E-state index contributed by atoms with van der Waals surface area (Å²) in [5.41, 5.74) is 14.1. The molecule has 2 nitrogen and oxygen atoms in total. The van der Waals surface area contributed by atoms with E-state index in [0.29, 0.717) is 0 Å². The van der Waals surface area contributed by atoms with E-state index in [1.165, 1.54) is 87.5 Å². The number of para-hydroxylation sites is 2. The molecule has 0 saturated carbocycles. The molecular formula is C60H40N2. The van der Waals surface area contributed by atoms with E-state index in [4.69, 9.17) is 0 Å². The molecule has 12 rings (SSSR count). The van der Waals surface area contributed by atoms with Gasteiger partial charge in [-0.05, 0) is 126 Å². The lowest BCUT2D eigenvalue weighted by molar-refractivity contribution is 1.18. The fourth-order valence-electron chi connectivity index (χ4n) is 9.61. The van der Waals surface area contributed by atoms with Crippen LogP contribution in [0.25, 0.3) is 93.2 Å². The van der Waals surface area contributed by atoms with Gasteiger partial charge in [0.1, 0.15) is 0 Å². The number of hydrogen-bond donors (Lipinski definition) is 0. The molecule has 0 radical (unpaired) electrons. The van der Waals surface area contributed by atoms with Crippen molar-refractivity contribution in [1.29, 1.82) is 0 Å². The maximum Gasteiger partial charge on any atom is 0.0541 e. The molecule has 0 spiro atoms. The van der Waals surface area contributed by atoms with Crippen LogP contribution in [0.15, 0.2) is 243 Å². The summed E-state index contributed by atoms with van der Waals surface area (Å²) < 4.78 is 2.37. The van der Waals surface area contributed by atoms with E-state index >= 15 is 0 Å². The van der Waals surface area contributed by atoms with Gasteiger partial charge in [-0.1, -0.05) is 182 Å². The molecule has 1 aromatic heterocycles. The van der Waals surface area contributed by atoms with Crippen LogP contribution >= 0.6 is 0 Å². The van der Waals surface area contributed by atoms with E-state index in [9.17, 15) is 0 Å². The van der Waals surface area contributed by atoms with Crippen LogP contribution in [-0.4, -0.2) is 4.57 Å². The van der Waals surface area contributed by atoms with Gasteiger partial charge in [-0.2, -0.15) is 0 Å². The van der Waals surface area contributed by atoms with Crippen molar-refractivity contribution in [2.75, 3.05) is 4.90 Å². The second kappa shape index (κ2) is 14.8. The van der Waals surface area contributed by atoms with Gasteiger partial charge in [-0.3, -0.25) is 0 Å². The van der Waals surface area contributed by atoms with Gasteiger partial charge in [0.05, 0.1) is 11.0 Å². The standard InChI is InChI=1S/C60H40N2/c1-2-12-43(13-3-1)53-20-10-15-47-16-11-21-54(60(47)53)45-30-37-49(38-31-45)61(51-39-32-46-25-24-44-14-4-5-17-52(44)57(46)40-51)48-33-26-41(27-34-48)42-28-35-50(36-29-42)62-58-22-8-6-18-55(58)56-19-7-9-23-59(56)62/h1-40H. The van der Waals surface area contributed by atoms with Crippen molar-refractivity contribution >= 4 is 71.2 Å². The molecule has 0 aliphatic heterocycles. The number of nitrogens with zero attached hydrogens (tertiary/aromatic N) is 2. The number of rotatable bonds is 7. The second-order valence-electron chi connectivity index (χ2n) is 16.1. The van der Waals surface area contributed by atoms with Crippen molar-refractivity contribution in [2.45, 2.75) is 0 Å². The maximum absolute atomic E-state index is 2.39. The Labute approximate surface area is 360 Å². The molecule has 1 heterocycles. The third-order valence-electron chi connectivity index (χ3n) is 12.6. The average molecular weight is 789 g/mol. The average Bonchev–Trinajstić information content (AvgIpc) is 3.69. The third-order valence-corrected chi connectivity index (χ3v) is 12.6. The molecule has 11 aromatic carbocycles. The Kier molecular flexibility index (Phi) is 8.53. The summed E-state index contributed by atoms with van der Waals surface area (Å²) in [7, 11) is 0. The van der Waals surface area contributed by atoms with E-state index in [2.05, 4.69) is 252 Å². The Bertz CT molecular complexity index is 3540. The van der Waals surface area contributed by atoms with E-state index in [1.807, 2.05) is 0 Å². The highest BCUT2D eigenvalue weighted by molar-refractivity contribution is 6.11. The lowest BCUT2D eigenvalue weighted by atomic mass is 9.91. The topological polar surface area (TPSA) is 8.17 Å². The van der Waals surface area contributed by atoms with Crippen LogP contribution in [0.4, 0.5) is 17.1 Å². The van der Waals surface area contributed by atoms with Gasteiger partial charge in [0.15, 0.2) is 0 Å². The quantitative estimate of drug-likeness (QED) is 0.146. The summed E-state index contributed by atoms with van der Waals surface area (Å²) in [6.07, 6.45) is 0. The van der Waals surface area contributed by atoms with Gasteiger partial charge in [-0.25, -0.2) is 0 Å².